The maximum absolute atomic E-state index is 12.2. The van der Waals surface area contributed by atoms with E-state index in [1.54, 1.807) is 13.3 Å². The van der Waals surface area contributed by atoms with Crippen LogP contribution in [0.2, 0.25) is 0 Å². The summed E-state index contributed by atoms with van der Waals surface area (Å²) in [5, 5.41) is 0.590. The van der Waals surface area contributed by atoms with Gasteiger partial charge in [-0.25, -0.2) is 9.97 Å². The zero-order valence-electron chi connectivity index (χ0n) is 13.2. The van der Waals surface area contributed by atoms with Gasteiger partial charge in [0.25, 0.3) is 0 Å². The predicted octanol–water partition coefficient (Wildman–Crippen LogP) is 4.13. The fourth-order valence-electron chi connectivity index (χ4n) is 2.17. The molecule has 0 aliphatic heterocycles. The highest BCUT2D eigenvalue weighted by Crippen LogP contribution is 2.23. The first-order valence-electron chi connectivity index (χ1n) is 7.45. The van der Waals surface area contributed by atoms with Gasteiger partial charge >= 0.3 is 0 Å². The van der Waals surface area contributed by atoms with Crippen molar-refractivity contribution in [1.82, 2.24) is 9.97 Å². The molecule has 3 rings (SSSR count). The molecule has 0 aliphatic rings. The Morgan fingerprint density at radius 3 is 2.50 bits per heavy atom. The van der Waals surface area contributed by atoms with Crippen LogP contribution in [0.5, 0.6) is 5.75 Å². The molecular weight excluding hydrogens is 320 g/mol. The number of ketones is 1. The number of carbonyl (C=O) groups excluding carboxylic acids is 1. The van der Waals surface area contributed by atoms with Gasteiger partial charge in [-0.05, 0) is 30.3 Å². The topological polar surface area (TPSA) is 52.1 Å². The summed E-state index contributed by atoms with van der Waals surface area (Å²) >= 11 is 1.34. The molecule has 120 valence electrons. The molecule has 2 aromatic carbocycles. The van der Waals surface area contributed by atoms with Crippen molar-refractivity contribution < 1.29 is 9.53 Å². The number of carbonyl (C=O) groups is 1. The average molecular weight is 336 g/mol. The van der Waals surface area contributed by atoms with E-state index in [0.29, 0.717) is 16.5 Å². The van der Waals surface area contributed by atoms with Crippen LogP contribution in [0, 0.1) is 0 Å². The maximum Gasteiger partial charge on any atom is 0.188 e. The van der Waals surface area contributed by atoms with Crippen molar-refractivity contribution in [2.45, 2.75) is 5.16 Å². The third kappa shape index (κ3) is 4.00. The molecule has 0 saturated carbocycles. The Hall–Kier alpha value is -2.66. The molecule has 3 aromatic rings. The van der Waals surface area contributed by atoms with Crippen LogP contribution in [0.25, 0.3) is 11.3 Å². The van der Waals surface area contributed by atoms with Crippen LogP contribution >= 0.6 is 11.8 Å². The van der Waals surface area contributed by atoms with Crippen molar-refractivity contribution in [3.05, 3.63) is 72.4 Å². The first kappa shape index (κ1) is 16.2. The highest BCUT2D eigenvalue weighted by Gasteiger charge is 2.08. The Bertz CT molecular complexity index is 820. The van der Waals surface area contributed by atoms with Gasteiger partial charge < -0.3 is 4.74 Å². The molecule has 0 saturated heterocycles. The van der Waals surface area contributed by atoms with Crippen LogP contribution in [0.3, 0.4) is 0 Å². The lowest BCUT2D eigenvalue weighted by atomic mass is 10.1. The van der Waals surface area contributed by atoms with Crippen molar-refractivity contribution >= 4 is 17.5 Å². The Morgan fingerprint density at radius 2 is 1.79 bits per heavy atom. The van der Waals surface area contributed by atoms with Crippen LogP contribution in [0.15, 0.2) is 72.0 Å². The Kier molecular flexibility index (Phi) is 5.23. The van der Waals surface area contributed by atoms with E-state index in [1.165, 1.54) is 11.8 Å². The van der Waals surface area contributed by atoms with E-state index in [2.05, 4.69) is 9.97 Å². The Morgan fingerprint density at radius 1 is 1.04 bits per heavy atom. The van der Waals surface area contributed by atoms with Crippen molar-refractivity contribution in [2.75, 3.05) is 12.9 Å². The minimum absolute atomic E-state index is 0.0686. The second-order valence-electron chi connectivity index (χ2n) is 5.03. The number of methoxy groups -OCH3 is 1. The molecule has 0 atom stereocenters. The second-order valence-corrected chi connectivity index (χ2v) is 5.97. The normalized spacial score (nSPS) is 10.4. The minimum atomic E-state index is 0.0686. The number of rotatable bonds is 6. The summed E-state index contributed by atoms with van der Waals surface area (Å²) in [6.45, 7) is 0. The van der Waals surface area contributed by atoms with Gasteiger partial charge in [-0.1, -0.05) is 42.1 Å². The lowest BCUT2D eigenvalue weighted by Crippen LogP contribution is -2.02. The van der Waals surface area contributed by atoms with E-state index in [9.17, 15) is 4.79 Å². The monoisotopic (exact) mass is 336 g/mol. The molecule has 0 spiro atoms. The van der Waals surface area contributed by atoms with Gasteiger partial charge in [0.1, 0.15) is 5.75 Å². The summed E-state index contributed by atoms with van der Waals surface area (Å²) in [4.78, 5) is 20.9. The number of thioether (sulfide) groups is 1. The van der Waals surface area contributed by atoms with Crippen LogP contribution in [-0.2, 0) is 0 Å². The Labute approximate surface area is 144 Å². The molecule has 0 fully saturated rings. The molecule has 0 unspecified atom stereocenters. The van der Waals surface area contributed by atoms with Gasteiger partial charge in [-0.2, -0.15) is 0 Å². The molecule has 0 bridgehead atoms. The first-order chi connectivity index (χ1) is 11.8. The van der Waals surface area contributed by atoms with Crippen LogP contribution < -0.4 is 4.74 Å². The number of nitrogens with zero attached hydrogens (tertiary/aromatic N) is 2. The van der Waals surface area contributed by atoms with E-state index in [1.807, 2.05) is 60.7 Å². The van der Waals surface area contributed by atoms with Gasteiger partial charge in [0.2, 0.25) is 0 Å². The van der Waals surface area contributed by atoms with Gasteiger partial charge in [-0.15, -0.1) is 0 Å². The van der Waals surface area contributed by atoms with Gasteiger partial charge in [0.15, 0.2) is 10.9 Å². The third-order valence-electron chi connectivity index (χ3n) is 3.45. The number of ether oxygens (including phenoxy) is 1. The highest BCUT2D eigenvalue weighted by molar-refractivity contribution is 7.99. The number of aromatic nitrogens is 2. The van der Waals surface area contributed by atoms with E-state index in [4.69, 9.17) is 4.74 Å². The minimum Gasteiger partial charge on any atom is -0.497 e. The van der Waals surface area contributed by atoms with Crippen molar-refractivity contribution in [3.63, 3.8) is 0 Å². The fraction of sp³-hybridized carbons (Fsp3) is 0.105. The lowest BCUT2D eigenvalue weighted by molar-refractivity contribution is 0.102. The maximum atomic E-state index is 12.2. The molecule has 24 heavy (non-hydrogen) atoms. The van der Waals surface area contributed by atoms with Crippen LogP contribution in [-0.4, -0.2) is 28.6 Å². The van der Waals surface area contributed by atoms with E-state index >= 15 is 0 Å². The predicted molar refractivity (Wildman–Crippen MR) is 95.5 cm³/mol. The largest absolute Gasteiger partial charge is 0.497 e. The molecule has 0 amide bonds. The zero-order valence-corrected chi connectivity index (χ0v) is 14.0. The Balaban J connectivity index is 1.70. The van der Waals surface area contributed by atoms with Crippen molar-refractivity contribution in [3.8, 4) is 17.0 Å². The van der Waals surface area contributed by atoms with E-state index < -0.39 is 0 Å². The zero-order chi connectivity index (χ0) is 16.8. The molecule has 0 N–H and O–H groups in total. The third-order valence-corrected chi connectivity index (χ3v) is 4.31. The SMILES string of the molecule is COc1ccc(-c2ccnc(SCC(=O)c3ccccc3)n2)cc1. The van der Waals surface area contributed by atoms with Crippen LogP contribution in [0.4, 0.5) is 0 Å². The smallest absolute Gasteiger partial charge is 0.188 e. The number of hydrogen-bond acceptors (Lipinski definition) is 5. The molecule has 1 aromatic heterocycles. The fourth-order valence-corrected chi connectivity index (χ4v) is 2.90. The van der Waals surface area contributed by atoms with Crippen molar-refractivity contribution in [2.24, 2.45) is 0 Å². The molecule has 5 heteroatoms. The van der Waals surface area contributed by atoms with Gasteiger partial charge in [0, 0.05) is 17.3 Å². The second kappa shape index (κ2) is 7.75. The standard InChI is InChI=1S/C19H16N2O2S/c1-23-16-9-7-14(8-10-16)17-11-12-20-19(21-17)24-13-18(22)15-5-3-2-4-6-15/h2-12H,13H2,1H3. The first-order valence-corrected chi connectivity index (χ1v) is 8.43. The average Bonchev–Trinajstić information content (AvgIpc) is 2.67. The summed E-state index contributed by atoms with van der Waals surface area (Å²) < 4.78 is 5.16. The number of hydrogen-bond donors (Lipinski definition) is 0. The molecule has 0 aliphatic carbocycles. The summed E-state index contributed by atoms with van der Waals surface area (Å²) in [5.74, 6) is 1.19. The highest BCUT2D eigenvalue weighted by atomic mass is 32.2. The number of benzene rings is 2. The van der Waals surface area contributed by atoms with Crippen molar-refractivity contribution in [1.29, 1.82) is 0 Å². The molecule has 0 radical (unpaired) electrons. The molecular formula is C19H16N2O2S. The number of Topliss-reactive ketones (excluding diaryl/α,β-unsaturated/α-hetero) is 1. The quantitative estimate of drug-likeness (QED) is 0.385. The lowest BCUT2D eigenvalue weighted by Gasteiger charge is -2.05. The van der Waals surface area contributed by atoms with Gasteiger partial charge in [0.05, 0.1) is 18.6 Å². The van der Waals surface area contributed by atoms with E-state index in [0.717, 1.165) is 17.0 Å². The molecule has 1 heterocycles. The summed E-state index contributed by atoms with van der Waals surface area (Å²) in [6.07, 6.45) is 1.71. The van der Waals surface area contributed by atoms with Crippen LogP contribution in [0.1, 0.15) is 10.4 Å². The summed E-state index contributed by atoms with van der Waals surface area (Å²) in [5.41, 5.74) is 2.51. The summed E-state index contributed by atoms with van der Waals surface area (Å²) in [7, 11) is 1.64. The molecule has 4 nitrogen and oxygen atoms in total. The summed E-state index contributed by atoms with van der Waals surface area (Å²) in [6, 6.07) is 18.8. The van der Waals surface area contributed by atoms with Gasteiger partial charge in [-0.3, -0.25) is 4.79 Å². The van der Waals surface area contributed by atoms with E-state index in [-0.39, 0.29) is 5.78 Å².